The Balaban J connectivity index is 1.92. The van der Waals surface area contributed by atoms with Gasteiger partial charge >= 0.3 is 5.97 Å². The number of benzene rings is 2. The van der Waals surface area contributed by atoms with Gasteiger partial charge in [-0.05, 0) is 55.0 Å². The fourth-order valence-electron chi connectivity index (χ4n) is 2.45. The number of esters is 1. The molecule has 2 rings (SSSR count). The van der Waals surface area contributed by atoms with Crippen molar-refractivity contribution in [2.45, 2.75) is 26.2 Å². The SMILES string of the molecule is CCCCCOc1ccc(C(=O)NC(=S)Nc2ccccc2C(=O)OC)cc1. The third kappa shape index (κ3) is 6.35. The lowest BCUT2D eigenvalue weighted by Crippen LogP contribution is -2.34. The molecule has 0 atom stereocenters. The van der Waals surface area contributed by atoms with Crippen LogP contribution in [0.1, 0.15) is 46.9 Å². The predicted octanol–water partition coefficient (Wildman–Crippen LogP) is 4.17. The zero-order valence-corrected chi connectivity index (χ0v) is 16.8. The number of rotatable bonds is 8. The highest BCUT2D eigenvalue weighted by molar-refractivity contribution is 7.80. The molecule has 0 spiro atoms. The van der Waals surface area contributed by atoms with Gasteiger partial charge in [-0.1, -0.05) is 31.9 Å². The van der Waals surface area contributed by atoms with Crippen molar-refractivity contribution in [2.24, 2.45) is 0 Å². The summed E-state index contributed by atoms with van der Waals surface area (Å²) in [6, 6.07) is 13.6. The molecule has 0 aliphatic heterocycles. The molecule has 28 heavy (non-hydrogen) atoms. The minimum absolute atomic E-state index is 0.0845. The highest BCUT2D eigenvalue weighted by Gasteiger charge is 2.13. The molecule has 0 aromatic heterocycles. The maximum absolute atomic E-state index is 12.4. The number of hydrogen-bond donors (Lipinski definition) is 2. The van der Waals surface area contributed by atoms with Crippen LogP contribution >= 0.6 is 12.2 Å². The second-order valence-electron chi connectivity index (χ2n) is 6.03. The van der Waals surface area contributed by atoms with Crippen molar-refractivity contribution in [1.82, 2.24) is 5.32 Å². The number of para-hydroxylation sites is 1. The molecule has 0 heterocycles. The van der Waals surface area contributed by atoms with Gasteiger partial charge in [0.05, 0.1) is 25.0 Å². The first kappa shape index (κ1) is 21.4. The summed E-state index contributed by atoms with van der Waals surface area (Å²) in [5.41, 5.74) is 1.23. The smallest absolute Gasteiger partial charge is 0.339 e. The van der Waals surface area contributed by atoms with Crippen LogP contribution in [0.3, 0.4) is 0 Å². The van der Waals surface area contributed by atoms with E-state index in [2.05, 4.69) is 17.6 Å². The van der Waals surface area contributed by atoms with Crippen LogP contribution in [0.2, 0.25) is 0 Å². The number of nitrogens with one attached hydrogen (secondary N) is 2. The molecule has 2 aromatic carbocycles. The fourth-order valence-corrected chi connectivity index (χ4v) is 2.66. The van der Waals surface area contributed by atoms with Gasteiger partial charge in [-0.25, -0.2) is 4.79 Å². The van der Waals surface area contributed by atoms with Gasteiger partial charge in [0.1, 0.15) is 5.75 Å². The van der Waals surface area contributed by atoms with Crippen molar-refractivity contribution < 1.29 is 19.1 Å². The van der Waals surface area contributed by atoms with Gasteiger partial charge in [0, 0.05) is 5.56 Å². The third-order valence-corrected chi connectivity index (χ3v) is 4.14. The molecule has 148 valence electrons. The summed E-state index contributed by atoms with van der Waals surface area (Å²) < 4.78 is 10.4. The van der Waals surface area contributed by atoms with Gasteiger partial charge in [0.2, 0.25) is 0 Å². The second kappa shape index (κ2) is 11.0. The minimum atomic E-state index is -0.494. The van der Waals surface area contributed by atoms with E-state index in [0.717, 1.165) is 25.0 Å². The fraction of sp³-hybridized carbons (Fsp3) is 0.286. The van der Waals surface area contributed by atoms with Crippen molar-refractivity contribution in [3.05, 3.63) is 59.7 Å². The molecule has 0 fully saturated rings. The molecule has 6 nitrogen and oxygen atoms in total. The van der Waals surface area contributed by atoms with Crippen LogP contribution in [0.4, 0.5) is 5.69 Å². The van der Waals surface area contributed by atoms with Crippen molar-refractivity contribution in [3.63, 3.8) is 0 Å². The minimum Gasteiger partial charge on any atom is -0.494 e. The van der Waals surface area contributed by atoms with Crippen molar-refractivity contribution in [2.75, 3.05) is 19.0 Å². The maximum atomic E-state index is 12.4. The summed E-state index contributed by atoms with van der Waals surface area (Å²) in [5, 5.41) is 5.53. The number of thiocarbonyl (C=S) groups is 1. The van der Waals surface area contributed by atoms with Crippen LogP contribution in [0.15, 0.2) is 48.5 Å². The quantitative estimate of drug-likeness (QED) is 0.393. The van der Waals surface area contributed by atoms with E-state index >= 15 is 0 Å². The lowest BCUT2D eigenvalue weighted by Gasteiger charge is -2.12. The molecule has 0 aliphatic carbocycles. The van der Waals surface area contributed by atoms with Gasteiger partial charge < -0.3 is 14.8 Å². The molecule has 0 unspecified atom stereocenters. The van der Waals surface area contributed by atoms with Crippen molar-refractivity contribution >= 4 is 34.9 Å². The summed E-state index contributed by atoms with van der Waals surface area (Å²) in [4.78, 5) is 24.2. The molecule has 0 saturated heterocycles. The lowest BCUT2D eigenvalue weighted by atomic mass is 10.2. The first-order valence-corrected chi connectivity index (χ1v) is 9.48. The number of hydrogen-bond acceptors (Lipinski definition) is 5. The number of carbonyl (C=O) groups is 2. The van der Waals surface area contributed by atoms with E-state index in [1.165, 1.54) is 7.11 Å². The van der Waals surface area contributed by atoms with Gasteiger partial charge in [-0.15, -0.1) is 0 Å². The Bertz CT molecular complexity index is 821. The molecule has 0 radical (unpaired) electrons. The van der Waals surface area contributed by atoms with Gasteiger partial charge in [-0.3, -0.25) is 10.1 Å². The first-order valence-electron chi connectivity index (χ1n) is 9.07. The Kier molecular flexibility index (Phi) is 8.42. The number of anilines is 1. The van der Waals surface area contributed by atoms with E-state index in [-0.39, 0.29) is 11.0 Å². The zero-order valence-electron chi connectivity index (χ0n) is 16.0. The molecule has 7 heteroatoms. The normalized spacial score (nSPS) is 10.1. The van der Waals surface area contributed by atoms with Gasteiger partial charge in [0.25, 0.3) is 5.91 Å². The number of methoxy groups -OCH3 is 1. The summed E-state index contributed by atoms with van der Waals surface area (Å²) in [6.07, 6.45) is 3.27. The molecule has 0 aliphatic rings. The third-order valence-electron chi connectivity index (χ3n) is 3.94. The second-order valence-corrected chi connectivity index (χ2v) is 6.43. The number of unbranched alkanes of at least 4 members (excludes halogenated alkanes) is 2. The standard InChI is InChI=1S/C21H24N2O4S/c1-3-4-7-14-27-16-12-10-15(11-13-16)19(24)23-21(28)22-18-9-6-5-8-17(18)20(25)26-2/h5-6,8-13H,3-4,7,14H2,1-2H3,(H2,22,23,24,28). The van der Waals surface area contributed by atoms with Crippen molar-refractivity contribution in [3.8, 4) is 5.75 Å². The average molecular weight is 401 g/mol. The van der Waals surface area contributed by atoms with E-state index in [4.69, 9.17) is 21.7 Å². The Hall–Kier alpha value is -2.93. The van der Waals surface area contributed by atoms with Gasteiger partial charge in [-0.2, -0.15) is 0 Å². The average Bonchev–Trinajstić information content (AvgIpc) is 2.71. The topological polar surface area (TPSA) is 76.7 Å². The monoisotopic (exact) mass is 400 g/mol. The number of carbonyl (C=O) groups excluding carboxylic acids is 2. The van der Waals surface area contributed by atoms with Crippen molar-refractivity contribution in [1.29, 1.82) is 0 Å². The molecule has 0 saturated carbocycles. The van der Waals surface area contributed by atoms with Crippen LogP contribution < -0.4 is 15.4 Å². The van der Waals surface area contributed by atoms with Crippen LogP contribution in [0.5, 0.6) is 5.75 Å². The van der Waals surface area contributed by atoms with Crippen LogP contribution in [0, 0.1) is 0 Å². The molecular formula is C21H24N2O4S. The largest absolute Gasteiger partial charge is 0.494 e. The van der Waals surface area contributed by atoms with Crippen LogP contribution in [-0.4, -0.2) is 30.7 Å². The Morgan fingerprint density at radius 3 is 2.43 bits per heavy atom. The molecule has 0 bridgehead atoms. The molecule has 2 N–H and O–H groups in total. The molecular weight excluding hydrogens is 376 g/mol. The first-order chi connectivity index (χ1) is 13.5. The van der Waals surface area contributed by atoms with Crippen LogP contribution in [-0.2, 0) is 4.74 Å². The van der Waals surface area contributed by atoms with E-state index in [1.807, 2.05) is 0 Å². The van der Waals surface area contributed by atoms with E-state index in [1.54, 1.807) is 48.5 Å². The molecule has 2 aromatic rings. The molecule has 1 amide bonds. The summed E-state index contributed by atoms with van der Waals surface area (Å²) in [5.74, 6) is -0.127. The number of ether oxygens (including phenoxy) is 2. The summed E-state index contributed by atoms with van der Waals surface area (Å²) in [7, 11) is 1.30. The Morgan fingerprint density at radius 2 is 1.75 bits per heavy atom. The Labute approximate surface area is 170 Å². The highest BCUT2D eigenvalue weighted by atomic mass is 32.1. The van der Waals surface area contributed by atoms with Crippen LogP contribution in [0.25, 0.3) is 0 Å². The maximum Gasteiger partial charge on any atom is 0.339 e. The lowest BCUT2D eigenvalue weighted by molar-refractivity contribution is 0.0602. The highest BCUT2D eigenvalue weighted by Crippen LogP contribution is 2.16. The summed E-state index contributed by atoms with van der Waals surface area (Å²) >= 11 is 5.18. The van der Waals surface area contributed by atoms with E-state index in [9.17, 15) is 9.59 Å². The number of amides is 1. The van der Waals surface area contributed by atoms with E-state index < -0.39 is 5.97 Å². The zero-order chi connectivity index (χ0) is 20.4. The summed E-state index contributed by atoms with van der Waals surface area (Å²) in [6.45, 7) is 2.80. The Morgan fingerprint density at radius 1 is 1.04 bits per heavy atom. The predicted molar refractivity (Wildman–Crippen MR) is 113 cm³/mol. The van der Waals surface area contributed by atoms with Gasteiger partial charge in [0.15, 0.2) is 5.11 Å². The van der Waals surface area contributed by atoms with E-state index in [0.29, 0.717) is 23.4 Å².